The minimum Gasteiger partial charge on any atom is -0.381 e. The summed E-state index contributed by atoms with van der Waals surface area (Å²) in [5.41, 5.74) is 3.08. The second-order valence-electron chi connectivity index (χ2n) is 7.39. The van der Waals surface area contributed by atoms with Gasteiger partial charge in [-0.05, 0) is 48.9 Å². The van der Waals surface area contributed by atoms with Gasteiger partial charge >= 0.3 is 0 Å². The van der Waals surface area contributed by atoms with Crippen LogP contribution in [0.5, 0.6) is 0 Å². The molecule has 0 aliphatic carbocycles. The number of rotatable bonds is 5. The molecular formula is C23H26N2O2. The van der Waals surface area contributed by atoms with Crippen LogP contribution in [0.15, 0.2) is 60.8 Å². The summed E-state index contributed by atoms with van der Waals surface area (Å²) in [7, 11) is 0. The van der Waals surface area contributed by atoms with Crippen molar-refractivity contribution in [2.24, 2.45) is 0 Å². The monoisotopic (exact) mass is 362 g/mol. The molecule has 1 fully saturated rings. The van der Waals surface area contributed by atoms with Gasteiger partial charge in [0.25, 0.3) is 0 Å². The summed E-state index contributed by atoms with van der Waals surface area (Å²) in [6.07, 6.45) is 3.56. The molecule has 0 atom stereocenters. The van der Waals surface area contributed by atoms with Crippen molar-refractivity contribution in [1.29, 1.82) is 0 Å². The Morgan fingerprint density at radius 2 is 1.89 bits per heavy atom. The molecule has 1 amide bonds. The Balaban J connectivity index is 1.47. The van der Waals surface area contributed by atoms with E-state index in [-0.39, 0.29) is 5.91 Å². The number of ether oxygens (including phenoxy) is 1. The number of nitrogens with one attached hydrogen (secondary N) is 1. The van der Waals surface area contributed by atoms with Gasteiger partial charge in [0.15, 0.2) is 0 Å². The predicted octanol–water partition coefficient (Wildman–Crippen LogP) is 3.81. The lowest BCUT2D eigenvalue weighted by molar-refractivity contribution is -0.130. The van der Waals surface area contributed by atoms with E-state index in [2.05, 4.69) is 59.4 Å². The number of benzene rings is 2. The Labute approximate surface area is 160 Å². The first-order valence-corrected chi connectivity index (χ1v) is 9.66. The van der Waals surface area contributed by atoms with Crippen molar-refractivity contribution in [3.63, 3.8) is 0 Å². The second-order valence-corrected chi connectivity index (χ2v) is 7.39. The van der Waals surface area contributed by atoms with Crippen molar-refractivity contribution in [2.45, 2.75) is 31.7 Å². The quantitative estimate of drug-likeness (QED) is 0.750. The van der Waals surface area contributed by atoms with Gasteiger partial charge in [-0.2, -0.15) is 0 Å². The van der Waals surface area contributed by atoms with Crippen molar-refractivity contribution in [1.82, 2.24) is 9.88 Å². The molecule has 0 unspecified atom stereocenters. The molecule has 1 saturated heterocycles. The molecule has 4 heteroatoms. The Morgan fingerprint density at radius 3 is 2.67 bits per heavy atom. The first-order chi connectivity index (χ1) is 13.2. The van der Waals surface area contributed by atoms with Gasteiger partial charge in [0.05, 0.1) is 5.41 Å². The summed E-state index contributed by atoms with van der Waals surface area (Å²) < 4.78 is 7.74. The smallest absolute Gasteiger partial charge is 0.230 e. The van der Waals surface area contributed by atoms with E-state index in [0.29, 0.717) is 19.8 Å². The van der Waals surface area contributed by atoms with Crippen LogP contribution in [0.3, 0.4) is 0 Å². The van der Waals surface area contributed by atoms with Gasteiger partial charge in [-0.3, -0.25) is 4.79 Å². The van der Waals surface area contributed by atoms with E-state index >= 15 is 0 Å². The summed E-state index contributed by atoms with van der Waals surface area (Å²) >= 11 is 0. The van der Waals surface area contributed by atoms with Crippen molar-refractivity contribution in [3.05, 3.63) is 71.9 Å². The minimum absolute atomic E-state index is 0.115. The van der Waals surface area contributed by atoms with Gasteiger partial charge in [0, 0.05) is 38.0 Å². The van der Waals surface area contributed by atoms with E-state index in [1.54, 1.807) is 0 Å². The molecular weight excluding hydrogens is 336 g/mol. The third-order valence-corrected chi connectivity index (χ3v) is 5.67. The summed E-state index contributed by atoms with van der Waals surface area (Å²) in [5.74, 6) is 0.115. The van der Waals surface area contributed by atoms with E-state index in [0.717, 1.165) is 24.9 Å². The number of carbonyl (C=O) groups excluding carboxylic acids is 1. The molecule has 1 N–H and O–H groups in total. The van der Waals surface area contributed by atoms with Crippen molar-refractivity contribution in [3.8, 4) is 0 Å². The van der Waals surface area contributed by atoms with Crippen molar-refractivity contribution in [2.75, 3.05) is 19.8 Å². The zero-order valence-electron chi connectivity index (χ0n) is 15.8. The predicted molar refractivity (Wildman–Crippen MR) is 108 cm³/mol. The first kappa shape index (κ1) is 17.8. The molecule has 2 aromatic carbocycles. The van der Waals surface area contributed by atoms with E-state index in [1.807, 2.05) is 18.2 Å². The Kier molecular flexibility index (Phi) is 4.99. The molecule has 2 heterocycles. The zero-order valence-corrected chi connectivity index (χ0v) is 15.8. The minimum atomic E-state index is -0.477. The summed E-state index contributed by atoms with van der Waals surface area (Å²) in [4.78, 5) is 13.2. The Bertz CT molecular complexity index is 924. The molecule has 140 valence electrons. The lowest BCUT2D eigenvalue weighted by atomic mass is 9.73. The molecule has 27 heavy (non-hydrogen) atoms. The maximum Gasteiger partial charge on any atom is 0.230 e. The van der Waals surface area contributed by atoms with Crippen LogP contribution < -0.4 is 5.32 Å². The third-order valence-electron chi connectivity index (χ3n) is 5.67. The molecule has 1 aromatic heterocycles. The average Bonchev–Trinajstić information content (AvgIpc) is 3.11. The van der Waals surface area contributed by atoms with Crippen LogP contribution in [-0.2, 0) is 21.5 Å². The number of nitrogens with zero attached hydrogens (tertiary/aromatic N) is 1. The molecule has 4 nitrogen and oxygen atoms in total. The van der Waals surface area contributed by atoms with Gasteiger partial charge in [-0.15, -0.1) is 0 Å². The van der Waals surface area contributed by atoms with Crippen LogP contribution in [0.25, 0.3) is 10.9 Å². The Morgan fingerprint density at radius 1 is 1.11 bits per heavy atom. The van der Waals surface area contributed by atoms with Gasteiger partial charge in [0.1, 0.15) is 0 Å². The molecule has 0 saturated carbocycles. The fourth-order valence-electron chi connectivity index (χ4n) is 4.10. The van der Waals surface area contributed by atoms with Crippen molar-refractivity contribution < 1.29 is 9.53 Å². The van der Waals surface area contributed by atoms with Gasteiger partial charge < -0.3 is 14.6 Å². The standard InChI is InChI=1S/C23H26N2O2/c1-18-7-8-21-19(17-18)9-13-25(21)14-12-24-22(26)23(10-15-27-16-11-23)20-5-3-2-4-6-20/h2-9,13,17H,10-12,14-16H2,1H3,(H,24,26). The van der Waals surface area contributed by atoms with Gasteiger partial charge in [0.2, 0.25) is 5.91 Å². The number of aromatic nitrogens is 1. The maximum absolute atomic E-state index is 13.2. The van der Waals surface area contributed by atoms with E-state index in [1.165, 1.54) is 16.5 Å². The molecule has 0 radical (unpaired) electrons. The number of hydrogen-bond donors (Lipinski definition) is 1. The number of fused-ring (bicyclic) bond motifs is 1. The van der Waals surface area contributed by atoms with E-state index < -0.39 is 5.41 Å². The third kappa shape index (κ3) is 3.50. The van der Waals surface area contributed by atoms with Crippen LogP contribution in [0.1, 0.15) is 24.0 Å². The number of aryl methyl sites for hydroxylation is 1. The SMILES string of the molecule is Cc1ccc2c(ccn2CCNC(=O)C2(c3ccccc3)CCOCC2)c1. The molecule has 4 rings (SSSR count). The molecule has 0 bridgehead atoms. The highest BCUT2D eigenvalue weighted by Crippen LogP contribution is 2.35. The maximum atomic E-state index is 13.2. The van der Waals surface area contributed by atoms with Crippen LogP contribution >= 0.6 is 0 Å². The topological polar surface area (TPSA) is 43.3 Å². The molecule has 3 aromatic rings. The van der Waals surface area contributed by atoms with Crippen LogP contribution in [0.4, 0.5) is 0 Å². The lowest BCUT2D eigenvalue weighted by Crippen LogP contribution is -2.48. The normalized spacial score (nSPS) is 16.3. The van der Waals surface area contributed by atoms with Crippen LogP contribution in [0.2, 0.25) is 0 Å². The molecule has 1 aliphatic heterocycles. The van der Waals surface area contributed by atoms with E-state index in [4.69, 9.17) is 4.74 Å². The Hall–Kier alpha value is -2.59. The molecule has 0 spiro atoms. The number of amides is 1. The van der Waals surface area contributed by atoms with Gasteiger partial charge in [-0.1, -0.05) is 42.0 Å². The molecule has 1 aliphatic rings. The van der Waals surface area contributed by atoms with Gasteiger partial charge in [-0.25, -0.2) is 0 Å². The fourth-order valence-corrected chi connectivity index (χ4v) is 4.10. The zero-order chi connectivity index (χ0) is 18.7. The summed E-state index contributed by atoms with van der Waals surface area (Å²) in [6, 6.07) is 18.7. The van der Waals surface area contributed by atoms with E-state index in [9.17, 15) is 4.79 Å². The van der Waals surface area contributed by atoms with Crippen molar-refractivity contribution >= 4 is 16.8 Å². The number of hydrogen-bond acceptors (Lipinski definition) is 2. The van der Waals surface area contributed by atoms with Crippen LogP contribution in [0, 0.1) is 6.92 Å². The summed E-state index contributed by atoms with van der Waals surface area (Å²) in [6.45, 7) is 4.74. The first-order valence-electron chi connectivity index (χ1n) is 9.66. The summed E-state index contributed by atoms with van der Waals surface area (Å²) in [5, 5.41) is 4.43. The lowest BCUT2D eigenvalue weighted by Gasteiger charge is -2.36. The highest BCUT2D eigenvalue weighted by Gasteiger charge is 2.41. The van der Waals surface area contributed by atoms with Crippen LogP contribution in [-0.4, -0.2) is 30.2 Å². The fraction of sp³-hybridized carbons (Fsp3) is 0.348. The highest BCUT2D eigenvalue weighted by molar-refractivity contribution is 5.88. The highest BCUT2D eigenvalue weighted by atomic mass is 16.5. The largest absolute Gasteiger partial charge is 0.381 e. The number of carbonyl (C=O) groups is 1. The second kappa shape index (κ2) is 7.57. The average molecular weight is 362 g/mol.